The molecule has 1 heterocycles. The van der Waals surface area contributed by atoms with E-state index >= 15 is 0 Å². The molecule has 0 radical (unpaired) electrons. The minimum atomic E-state index is -0.0749. The van der Waals surface area contributed by atoms with Crippen molar-refractivity contribution in [2.75, 3.05) is 0 Å². The van der Waals surface area contributed by atoms with Gasteiger partial charge in [0.05, 0.1) is 6.42 Å². The van der Waals surface area contributed by atoms with E-state index in [1.54, 1.807) is 0 Å². The number of rotatable bonds is 5. The lowest BCUT2D eigenvalue weighted by atomic mass is 9.89. The van der Waals surface area contributed by atoms with Gasteiger partial charge in [0.15, 0.2) is 5.82 Å². The van der Waals surface area contributed by atoms with Crippen LogP contribution in [-0.2, 0) is 17.8 Å². The van der Waals surface area contributed by atoms with Crippen LogP contribution in [0.5, 0.6) is 0 Å². The second-order valence-electron chi connectivity index (χ2n) is 6.77. The maximum atomic E-state index is 12.0. The summed E-state index contributed by atoms with van der Waals surface area (Å²) in [5.74, 6) is 3.13. The zero-order chi connectivity index (χ0) is 15.6. The van der Waals surface area contributed by atoms with Gasteiger partial charge in [0, 0.05) is 12.5 Å². The third-order valence-electron chi connectivity index (χ3n) is 5.19. The number of hydrogen-bond donors (Lipinski definition) is 1. The van der Waals surface area contributed by atoms with E-state index in [0.717, 1.165) is 17.4 Å². The quantitative estimate of drug-likeness (QED) is 0.922. The standard InChI is InChI=1S/C18H21N3O2/c22-17(19-11-12-4-2-1-3-5-12)10-16-20-18(23-21-16)15-9-13-6-7-14(15)8-13/h1-5,13-15H,6-11H2,(H,19,22)/t13-,14+,15+/m0/s1. The summed E-state index contributed by atoms with van der Waals surface area (Å²) in [5, 5.41) is 6.89. The van der Waals surface area contributed by atoms with Crippen LogP contribution in [0.3, 0.4) is 0 Å². The van der Waals surface area contributed by atoms with Crippen molar-refractivity contribution in [3.63, 3.8) is 0 Å². The largest absolute Gasteiger partial charge is 0.352 e. The van der Waals surface area contributed by atoms with Crippen LogP contribution < -0.4 is 5.32 Å². The van der Waals surface area contributed by atoms with E-state index in [1.165, 1.54) is 25.7 Å². The van der Waals surface area contributed by atoms with Gasteiger partial charge in [-0.25, -0.2) is 0 Å². The summed E-state index contributed by atoms with van der Waals surface area (Å²) in [6.45, 7) is 0.525. The highest BCUT2D eigenvalue weighted by Gasteiger charge is 2.42. The van der Waals surface area contributed by atoms with Crippen LogP contribution in [0.2, 0.25) is 0 Å². The summed E-state index contributed by atoms with van der Waals surface area (Å²) in [6.07, 6.45) is 5.29. The molecule has 0 unspecified atom stereocenters. The third-order valence-corrected chi connectivity index (χ3v) is 5.19. The molecule has 2 aliphatic carbocycles. The number of amides is 1. The molecule has 2 fully saturated rings. The lowest BCUT2D eigenvalue weighted by Crippen LogP contribution is -2.25. The first-order valence-corrected chi connectivity index (χ1v) is 8.41. The summed E-state index contributed by atoms with van der Waals surface area (Å²) in [6, 6.07) is 9.86. The molecule has 2 aromatic rings. The SMILES string of the molecule is O=C(Cc1noc([C@@H]2C[C@H]3CC[C@@H]2C3)n1)NCc1ccccc1. The van der Waals surface area contributed by atoms with Crippen molar-refractivity contribution in [2.24, 2.45) is 11.8 Å². The van der Waals surface area contributed by atoms with Crippen molar-refractivity contribution in [1.29, 1.82) is 0 Å². The normalized spacial score (nSPS) is 25.7. The van der Waals surface area contributed by atoms with Crippen molar-refractivity contribution in [3.05, 3.63) is 47.6 Å². The van der Waals surface area contributed by atoms with E-state index in [1.807, 2.05) is 30.3 Å². The number of fused-ring (bicyclic) bond motifs is 2. The van der Waals surface area contributed by atoms with Gasteiger partial charge >= 0.3 is 0 Å². The Morgan fingerprint density at radius 3 is 2.83 bits per heavy atom. The summed E-state index contributed by atoms with van der Waals surface area (Å²) in [4.78, 5) is 16.5. The van der Waals surface area contributed by atoms with E-state index in [-0.39, 0.29) is 12.3 Å². The van der Waals surface area contributed by atoms with Gasteiger partial charge in [-0.1, -0.05) is 41.9 Å². The van der Waals surface area contributed by atoms with E-state index in [9.17, 15) is 4.79 Å². The second kappa shape index (κ2) is 6.14. The number of carbonyl (C=O) groups excluding carboxylic acids is 1. The topological polar surface area (TPSA) is 68.0 Å². The Labute approximate surface area is 135 Å². The molecular weight excluding hydrogens is 290 g/mol. The number of carbonyl (C=O) groups is 1. The van der Waals surface area contributed by atoms with Gasteiger partial charge in [0.25, 0.3) is 0 Å². The number of benzene rings is 1. The zero-order valence-electron chi connectivity index (χ0n) is 13.1. The fraction of sp³-hybridized carbons (Fsp3) is 0.500. The molecule has 5 nitrogen and oxygen atoms in total. The predicted octanol–water partition coefficient (Wildman–Crippen LogP) is 2.83. The monoisotopic (exact) mass is 311 g/mol. The Morgan fingerprint density at radius 2 is 2.09 bits per heavy atom. The van der Waals surface area contributed by atoms with Crippen molar-refractivity contribution in [3.8, 4) is 0 Å². The molecule has 1 aromatic carbocycles. The molecule has 2 bridgehead atoms. The number of nitrogens with zero attached hydrogens (tertiary/aromatic N) is 2. The van der Waals surface area contributed by atoms with E-state index in [0.29, 0.717) is 24.2 Å². The molecule has 120 valence electrons. The highest BCUT2D eigenvalue weighted by molar-refractivity contribution is 5.77. The highest BCUT2D eigenvalue weighted by atomic mass is 16.5. The van der Waals surface area contributed by atoms with E-state index in [4.69, 9.17) is 4.52 Å². The molecule has 0 saturated heterocycles. The summed E-state index contributed by atoms with van der Waals surface area (Å²) in [5.41, 5.74) is 1.08. The Balaban J connectivity index is 1.32. The van der Waals surface area contributed by atoms with Gasteiger partial charge < -0.3 is 9.84 Å². The molecular formula is C18H21N3O2. The van der Waals surface area contributed by atoms with Gasteiger partial charge in [0.1, 0.15) is 0 Å². The third kappa shape index (κ3) is 3.14. The molecule has 1 amide bonds. The first-order valence-electron chi connectivity index (χ1n) is 8.41. The predicted molar refractivity (Wildman–Crippen MR) is 84.5 cm³/mol. The molecule has 1 N–H and O–H groups in total. The van der Waals surface area contributed by atoms with Crippen molar-refractivity contribution in [1.82, 2.24) is 15.5 Å². The Morgan fingerprint density at radius 1 is 1.22 bits per heavy atom. The molecule has 4 rings (SSSR count). The maximum absolute atomic E-state index is 12.0. The minimum Gasteiger partial charge on any atom is -0.352 e. The lowest BCUT2D eigenvalue weighted by molar-refractivity contribution is -0.120. The van der Waals surface area contributed by atoms with Crippen LogP contribution in [0.4, 0.5) is 0 Å². The fourth-order valence-electron chi connectivity index (χ4n) is 4.04. The summed E-state index contributed by atoms with van der Waals surface area (Å²) >= 11 is 0. The van der Waals surface area contributed by atoms with Crippen molar-refractivity contribution >= 4 is 5.91 Å². The molecule has 2 aliphatic rings. The first kappa shape index (κ1) is 14.4. The molecule has 3 atom stereocenters. The minimum absolute atomic E-state index is 0.0749. The Kier molecular flexibility index (Phi) is 3.85. The fourth-order valence-corrected chi connectivity index (χ4v) is 4.04. The van der Waals surface area contributed by atoms with Crippen LogP contribution in [0.15, 0.2) is 34.9 Å². The van der Waals surface area contributed by atoms with Crippen LogP contribution in [-0.4, -0.2) is 16.0 Å². The molecule has 1 aromatic heterocycles. The van der Waals surface area contributed by atoms with Gasteiger partial charge in [-0.05, 0) is 36.7 Å². The maximum Gasteiger partial charge on any atom is 0.230 e. The molecule has 23 heavy (non-hydrogen) atoms. The van der Waals surface area contributed by atoms with E-state index < -0.39 is 0 Å². The number of hydrogen-bond acceptors (Lipinski definition) is 4. The highest BCUT2D eigenvalue weighted by Crippen LogP contribution is 2.52. The summed E-state index contributed by atoms with van der Waals surface area (Å²) < 4.78 is 5.42. The molecule has 5 heteroatoms. The molecule has 0 spiro atoms. The smallest absolute Gasteiger partial charge is 0.230 e. The van der Waals surface area contributed by atoms with Crippen LogP contribution in [0, 0.1) is 11.8 Å². The van der Waals surface area contributed by atoms with Crippen LogP contribution >= 0.6 is 0 Å². The van der Waals surface area contributed by atoms with E-state index in [2.05, 4.69) is 15.5 Å². The zero-order valence-corrected chi connectivity index (χ0v) is 13.1. The Hall–Kier alpha value is -2.17. The van der Waals surface area contributed by atoms with Gasteiger partial charge in [-0.2, -0.15) is 4.98 Å². The van der Waals surface area contributed by atoms with Gasteiger partial charge in [-0.3, -0.25) is 4.79 Å². The second-order valence-corrected chi connectivity index (χ2v) is 6.77. The van der Waals surface area contributed by atoms with Crippen LogP contribution in [0.1, 0.15) is 48.9 Å². The number of aromatic nitrogens is 2. The van der Waals surface area contributed by atoms with Crippen molar-refractivity contribution < 1.29 is 9.32 Å². The first-order chi connectivity index (χ1) is 11.3. The van der Waals surface area contributed by atoms with Crippen LogP contribution in [0.25, 0.3) is 0 Å². The Bertz CT molecular complexity index is 683. The average Bonchev–Trinajstić information content (AvgIpc) is 3.30. The average molecular weight is 311 g/mol. The summed E-state index contributed by atoms with van der Waals surface area (Å²) in [7, 11) is 0. The molecule has 0 aliphatic heterocycles. The molecule has 2 saturated carbocycles. The number of nitrogens with one attached hydrogen (secondary N) is 1. The van der Waals surface area contributed by atoms with Gasteiger partial charge in [0.2, 0.25) is 11.8 Å². The van der Waals surface area contributed by atoms with Gasteiger partial charge in [-0.15, -0.1) is 0 Å². The van der Waals surface area contributed by atoms with Crippen molar-refractivity contribution in [2.45, 2.75) is 44.6 Å². The lowest BCUT2D eigenvalue weighted by Gasteiger charge is -2.16.